The van der Waals surface area contributed by atoms with E-state index in [-0.39, 0.29) is 5.91 Å². The summed E-state index contributed by atoms with van der Waals surface area (Å²) in [5, 5.41) is 4.20. The molecule has 1 heterocycles. The number of carbonyl (C=O) groups excluding carboxylic acids is 1. The Hall–Kier alpha value is -2.49. The highest BCUT2D eigenvalue weighted by molar-refractivity contribution is 6.01. The van der Waals surface area contributed by atoms with E-state index in [0.29, 0.717) is 5.69 Å². The molecule has 20 heavy (non-hydrogen) atoms. The van der Waals surface area contributed by atoms with E-state index in [1.807, 2.05) is 38.1 Å². The van der Waals surface area contributed by atoms with Crippen LogP contribution in [0.4, 0.5) is 0 Å². The fraction of sp³-hybridized carbons (Fsp3) is 0.188. The Morgan fingerprint density at radius 3 is 2.55 bits per heavy atom. The first kappa shape index (κ1) is 13.9. The molecule has 0 aliphatic carbocycles. The van der Waals surface area contributed by atoms with Crippen LogP contribution < -0.4 is 5.43 Å². The summed E-state index contributed by atoms with van der Waals surface area (Å²) in [5.41, 5.74) is 5.96. The fourth-order valence-corrected chi connectivity index (χ4v) is 1.77. The molecule has 102 valence electrons. The molecule has 1 N–H and O–H groups in total. The molecular formula is C16H17N3O. The minimum absolute atomic E-state index is 0.302. The van der Waals surface area contributed by atoms with Gasteiger partial charge in [0.05, 0.1) is 5.71 Å². The lowest BCUT2D eigenvalue weighted by atomic mass is 10.1. The summed E-state index contributed by atoms with van der Waals surface area (Å²) in [6.07, 6.45) is 2.32. The molecule has 0 atom stereocenters. The maximum absolute atomic E-state index is 11.9. The molecule has 1 amide bonds. The summed E-state index contributed by atoms with van der Waals surface area (Å²) < 4.78 is 0. The third-order valence-corrected chi connectivity index (χ3v) is 2.91. The van der Waals surface area contributed by atoms with Crippen molar-refractivity contribution in [1.29, 1.82) is 0 Å². The second kappa shape index (κ2) is 6.61. The fourth-order valence-electron chi connectivity index (χ4n) is 1.77. The quantitative estimate of drug-likeness (QED) is 0.684. The van der Waals surface area contributed by atoms with Gasteiger partial charge in [0.2, 0.25) is 0 Å². The van der Waals surface area contributed by atoms with Gasteiger partial charge in [-0.05, 0) is 31.0 Å². The molecule has 0 radical (unpaired) electrons. The first-order valence-electron chi connectivity index (χ1n) is 6.55. The van der Waals surface area contributed by atoms with Gasteiger partial charge < -0.3 is 0 Å². The van der Waals surface area contributed by atoms with Gasteiger partial charge in [0.25, 0.3) is 5.91 Å². The number of hydrazone groups is 1. The predicted molar refractivity (Wildman–Crippen MR) is 79.7 cm³/mol. The van der Waals surface area contributed by atoms with Gasteiger partial charge >= 0.3 is 0 Å². The van der Waals surface area contributed by atoms with Crippen molar-refractivity contribution in [2.24, 2.45) is 5.10 Å². The van der Waals surface area contributed by atoms with Crippen LogP contribution in [-0.2, 0) is 0 Å². The van der Waals surface area contributed by atoms with Crippen LogP contribution in [0.25, 0.3) is 0 Å². The van der Waals surface area contributed by atoms with E-state index in [2.05, 4.69) is 15.5 Å². The zero-order chi connectivity index (χ0) is 14.4. The number of aromatic nitrogens is 1. The van der Waals surface area contributed by atoms with E-state index >= 15 is 0 Å². The first-order valence-corrected chi connectivity index (χ1v) is 6.55. The second-order valence-corrected chi connectivity index (χ2v) is 4.43. The minimum Gasteiger partial charge on any atom is -0.266 e. The Morgan fingerprint density at radius 1 is 1.20 bits per heavy atom. The lowest BCUT2D eigenvalue weighted by Crippen LogP contribution is -2.20. The largest absolute Gasteiger partial charge is 0.289 e. The molecule has 4 nitrogen and oxygen atoms in total. The molecule has 0 fully saturated rings. The van der Waals surface area contributed by atoms with Crippen molar-refractivity contribution in [2.45, 2.75) is 20.3 Å². The Bertz CT molecular complexity index is 603. The van der Waals surface area contributed by atoms with Crippen molar-refractivity contribution in [3.05, 3.63) is 65.5 Å². The van der Waals surface area contributed by atoms with Crippen LogP contribution in [0.5, 0.6) is 0 Å². The van der Waals surface area contributed by atoms with Gasteiger partial charge in [-0.15, -0.1) is 0 Å². The molecule has 1 aromatic heterocycles. The standard InChI is InChI=1S/C16H17N3O/c1-3-14(13-9-7-12(2)8-10-13)18-19-16(20)15-6-4-5-11-17-15/h4-11H,3H2,1-2H3,(H,19,20). The first-order chi connectivity index (χ1) is 9.70. The zero-order valence-electron chi connectivity index (χ0n) is 11.6. The highest BCUT2D eigenvalue weighted by Crippen LogP contribution is 2.07. The Kier molecular flexibility index (Phi) is 4.60. The molecule has 2 rings (SSSR count). The van der Waals surface area contributed by atoms with Gasteiger partial charge in [0, 0.05) is 6.20 Å². The zero-order valence-corrected chi connectivity index (χ0v) is 11.6. The Balaban J connectivity index is 2.12. The summed E-state index contributed by atoms with van der Waals surface area (Å²) in [6.45, 7) is 4.04. The molecule has 0 saturated carbocycles. The van der Waals surface area contributed by atoms with Crippen LogP contribution in [0.1, 0.15) is 35.0 Å². The SMILES string of the molecule is CCC(=NNC(=O)c1ccccn1)c1ccc(C)cc1. The van der Waals surface area contributed by atoms with Crippen LogP contribution in [0.15, 0.2) is 53.8 Å². The maximum Gasteiger partial charge on any atom is 0.289 e. The number of nitrogens with one attached hydrogen (secondary N) is 1. The number of carbonyl (C=O) groups is 1. The molecule has 0 aliphatic rings. The van der Waals surface area contributed by atoms with Gasteiger partial charge in [-0.25, -0.2) is 5.43 Å². The average Bonchev–Trinajstić information content (AvgIpc) is 2.50. The van der Waals surface area contributed by atoms with Gasteiger partial charge in [-0.3, -0.25) is 9.78 Å². The summed E-state index contributed by atoms with van der Waals surface area (Å²) in [5.74, 6) is -0.302. The number of pyridine rings is 1. The number of rotatable bonds is 4. The molecule has 0 bridgehead atoms. The van der Waals surface area contributed by atoms with Crippen molar-refractivity contribution >= 4 is 11.6 Å². The molecule has 0 unspecified atom stereocenters. The van der Waals surface area contributed by atoms with Crippen molar-refractivity contribution in [3.8, 4) is 0 Å². The Morgan fingerprint density at radius 2 is 1.95 bits per heavy atom. The van der Waals surface area contributed by atoms with E-state index in [4.69, 9.17) is 0 Å². The normalized spacial score (nSPS) is 11.2. The van der Waals surface area contributed by atoms with Crippen LogP contribution in [0.2, 0.25) is 0 Å². The molecule has 0 saturated heterocycles. The number of hydrogen-bond acceptors (Lipinski definition) is 3. The molecular weight excluding hydrogens is 250 g/mol. The molecule has 0 aliphatic heterocycles. The van der Waals surface area contributed by atoms with Crippen LogP contribution in [-0.4, -0.2) is 16.6 Å². The van der Waals surface area contributed by atoms with E-state index in [9.17, 15) is 4.79 Å². The van der Waals surface area contributed by atoms with E-state index < -0.39 is 0 Å². The van der Waals surface area contributed by atoms with E-state index in [0.717, 1.165) is 17.7 Å². The highest BCUT2D eigenvalue weighted by atomic mass is 16.2. The van der Waals surface area contributed by atoms with Gasteiger partial charge in [-0.2, -0.15) is 5.10 Å². The Labute approximate surface area is 118 Å². The van der Waals surface area contributed by atoms with Gasteiger partial charge in [0.15, 0.2) is 0 Å². The lowest BCUT2D eigenvalue weighted by Gasteiger charge is -2.05. The molecule has 4 heteroatoms. The van der Waals surface area contributed by atoms with Gasteiger partial charge in [0.1, 0.15) is 5.69 Å². The predicted octanol–water partition coefficient (Wildman–Crippen LogP) is 2.93. The monoisotopic (exact) mass is 267 g/mol. The maximum atomic E-state index is 11.9. The summed E-state index contributed by atoms with van der Waals surface area (Å²) in [7, 11) is 0. The average molecular weight is 267 g/mol. The second-order valence-electron chi connectivity index (χ2n) is 4.43. The van der Waals surface area contributed by atoms with E-state index in [1.54, 1.807) is 24.4 Å². The summed E-state index contributed by atoms with van der Waals surface area (Å²) in [4.78, 5) is 15.9. The highest BCUT2D eigenvalue weighted by Gasteiger charge is 2.06. The molecule has 1 aromatic carbocycles. The topological polar surface area (TPSA) is 54.4 Å². The van der Waals surface area contributed by atoms with Crippen LogP contribution in [0.3, 0.4) is 0 Å². The van der Waals surface area contributed by atoms with Crippen molar-refractivity contribution in [2.75, 3.05) is 0 Å². The number of amides is 1. The molecule has 2 aromatic rings. The third kappa shape index (κ3) is 3.51. The van der Waals surface area contributed by atoms with Crippen molar-refractivity contribution in [1.82, 2.24) is 10.4 Å². The number of benzene rings is 1. The van der Waals surface area contributed by atoms with Crippen LogP contribution in [0, 0.1) is 6.92 Å². The lowest BCUT2D eigenvalue weighted by molar-refractivity contribution is 0.0950. The summed E-state index contributed by atoms with van der Waals surface area (Å²) >= 11 is 0. The number of nitrogens with zero attached hydrogens (tertiary/aromatic N) is 2. The third-order valence-electron chi connectivity index (χ3n) is 2.91. The van der Waals surface area contributed by atoms with Crippen molar-refractivity contribution < 1.29 is 4.79 Å². The van der Waals surface area contributed by atoms with Gasteiger partial charge in [-0.1, -0.05) is 42.8 Å². The van der Waals surface area contributed by atoms with E-state index in [1.165, 1.54) is 5.56 Å². The summed E-state index contributed by atoms with van der Waals surface area (Å²) in [6, 6.07) is 13.3. The van der Waals surface area contributed by atoms with Crippen molar-refractivity contribution in [3.63, 3.8) is 0 Å². The van der Waals surface area contributed by atoms with Crippen LogP contribution >= 0.6 is 0 Å². The number of aryl methyl sites for hydroxylation is 1. The minimum atomic E-state index is -0.302. The molecule has 0 spiro atoms. The smallest absolute Gasteiger partial charge is 0.266 e. The number of hydrogen-bond donors (Lipinski definition) is 1.